The van der Waals surface area contributed by atoms with Crippen LogP contribution in [0.3, 0.4) is 0 Å². The summed E-state index contributed by atoms with van der Waals surface area (Å²) in [5.41, 5.74) is 2.25. The Morgan fingerprint density at radius 3 is 2.56 bits per heavy atom. The smallest absolute Gasteiger partial charge is 0.545 e. The van der Waals surface area contributed by atoms with Gasteiger partial charge in [-0.3, -0.25) is 4.98 Å². The summed E-state index contributed by atoms with van der Waals surface area (Å²) < 4.78 is 6.00. The third-order valence-electron chi connectivity index (χ3n) is 5.63. The largest absolute Gasteiger partial charge is 1.00 e. The maximum atomic E-state index is 11.1. The molecule has 0 spiro atoms. The van der Waals surface area contributed by atoms with Crippen LogP contribution in [0.25, 0.3) is 10.9 Å². The molecule has 0 aliphatic rings. The van der Waals surface area contributed by atoms with E-state index in [1.54, 1.807) is 42.6 Å². The quantitative estimate of drug-likeness (QED) is 0.260. The van der Waals surface area contributed by atoms with E-state index >= 15 is 0 Å². The maximum absolute atomic E-state index is 11.1. The van der Waals surface area contributed by atoms with Crippen LogP contribution < -0.4 is 44.7 Å². The number of hydrogen-bond donors (Lipinski definition) is 3. The van der Waals surface area contributed by atoms with E-state index in [-0.39, 0.29) is 54.3 Å². The van der Waals surface area contributed by atoms with E-state index in [1.165, 1.54) is 12.1 Å². The van der Waals surface area contributed by atoms with E-state index in [0.717, 1.165) is 5.56 Å². The zero-order valence-electron chi connectivity index (χ0n) is 19.7. The van der Waals surface area contributed by atoms with Crippen molar-refractivity contribution in [3.63, 3.8) is 0 Å². The molecule has 0 bridgehead atoms. The van der Waals surface area contributed by atoms with Crippen LogP contribution in [0.5, 0.6) is 11.5 Å². The Labute approximate surface area is 236 Å². The first-order chi connectivity index (χ1) is 16.9. The van der Waals surface area contributed by atoms with Crippen LogP contribution in [0.2, 0.25) is 5.02 Å². The molecule has 4 aromatic rings. The number of rotatable bonds is 10. The number of ether oxygens (including phenoxy) is 1. The Balaban J connectivity index is 0.00000361. The minimum Gasteiger partial charge on any atom is -0.545 e. The fourth-order valence-electron chi connectivity index (χ4n) is 3.75. The maximum Gasteiger partial charge on any atom is 1.00 e. The van der Waals surface area contributed by atoms with Crippen molar-refractivity contribution in [2.24, 2.45) is 0 Å². The second kappa shape index (κ2) is 13.2. The molecule has 3 aromatic carbocycles. The number of nitrogens with one attached hydrogen (secondary N) is 1. The number of fused-ring (bicyclic) bond motifs is 1. The number of carbonyl (C=O) groups excluding carboxylic acids is 1. The molecule has 0 saturated carbocycles. The summed E-state index contributed by atoms with van der Waals surface area (Å²) in [5.74, 6) is -0.0991. The number of halogens is 1. The van der Waals surface area contributed by atoms with Crippen molar-refractivity contribution in [1.29, 1.82) is 0 Å². The second-order valence-electron chi connectivity index (χ2n) is 8.14. The van der Waals surface area contributed by atoms with Gasteiger partial charge in [0, 0.05) is 29.2 Å². The Bertz CT molecular complexity index is 1320. The fraction of sp³-hybridized carbons (Fsp3) is 0.185. The Hall–Kier alpha value is -2.49. The van der Waals surface area contributed by atoms with Gasteiger partial charge >= 0.3 is 29.6 Å². The molecular formula is C27H24ClN2NaO5. The molecule has 1 heterocycles. The summed E-state index contributed by atoms with van der Waals surface area (Å²) in [7, 11) is 0. The summed E-state index contributed by atoms with van der Waals surface area (Å²) in [6.07, 6.45) is 1.38. The van der Waals surface area contributed by atoms with Crippen LogP contribution in [-0.2, 0) is 6.42 Å². The van der Waals surface area contributed by atoms with E-state index in [4.69, 9.17) is 16.3 Å². The van der Waals surface area contributed by atoms with Crippen LogP contribution in [0.15, 0.2) is 79.0 Å². The van der Waals surface area contributed by atoms with Crippen LogP contribution in [-0.4, -0.2) is 40.4 Å². The number of carbonyl (C=O) groups is 1. The number of aliphatic hydroxyl groups is 2. The first kappa shape index (κ1) is 28.1. The molecule has 4 rings (SSSR count). The number of carboxylic acid groups (broad SMARTS) is 1. The van der Waals surface area contributed by atoms with Gasteiger partial charge in [0.1, 0.15) is 11.5 Å². The van der Waals surface area contributed by atoms with Gasteiger partial charge in [0.05, 0.1) is 24.2 Å². The van der Waals surface area contributed by atoms with Gasteiger partial charge in [0.15, 0.2) is 0 Å². The van der Waals surface area contributed by atoms with Gasteiger partial charge in [-0.2, -0.15) is 0 Å². The number of pyridine rings is 1. The fourth-order valence-corrected chi connectivity index (χ4v) is 3.95. The molecule has 36 heavy (non-hydrogen) atoms. The van der Waals surface area contributed by atoms with Gasteiger partial charge in [0.2, 0.25) is 0 Å². The molecular weight excluding hydrogens is 491 g/mol. The zero-order valence-corrected chi connectivity index (χ0v) is 22.5. The minimum atomic E-state index is -1.26. The summed E-state index contributed by atoms with van der Waals surface area (Å²) in [5, 5.41) is 35.7. The summed E-state index contributed by atoms with van der Waals surface area (Å²) in [6.45, 7) is 0.193. The first-order valence-corrected chi connectivity index (χ1v) is 11.5. The summed E-state index contributed by atoms with van der Waals surface area (Å²) in [6, 6.07) is 20.6. The van der Waals surface area contributed by atoms with Crippen molar-refractivity contribution in [1.82, 2.24) is 10.3 Å². The molecule has 0 amide bonds. The van der Waals surface area contributed by atoms with E-state index in [0.29, 0.717) is 39.4 Å². The topological polar surface area (TPSA) is 115 Å². The van der Waals surface area contributed by atoms with Gasteiger partial charge in [-0.1, -0.05) is 41.9 Å². The molecule has 7 nitrogen and oxygen atoms in total. The molecule has 0 aliphatic heterocycles. The van der Waals surface area contributed by atoms with Gasteiger partial charge in [0.25, 0.3) is 0 Å². The molecule has 0 unspecified atom stereocenters. The van der Waals surface area contributed by atoms with Crippen molar-refractivity contribution in [3.05, 3.63) is 101 Å². The third kappa shape index (κ3) is 7.27. The second-order valence-corrected chi connectivity index (χ2v) is 8.57. The van der Waals surface area contributed by atoms with Gasteiger partial charge in [-0.15, -0.1) is 0 Å². The van der Waals surface area contributed by atoms with Crippen molar-refractivity contribution in [3.8, 4) is 11.5 Å². The standard InChI is InChI=1S/C27H25ClN2O5.Na/c28-20-3-1-2-18(13-20)25(32)15-30-21(16-31)12-17-4-7-22(8-5-17)35-26-10-11-29-24-14-19(27(33)34)6-9-23(24)26;/h1-11,13-14,21,25,30-32H,12,15-16H2,(H,33,34);/q;+1/p-1/t21-,25-;/m0./s1. The van der Waals surface area contributed by atoms with Crippen molar-refractivity contribution in [2.45, 2.75) is 18.6 Å². The van der Waals surface area contributed by atoms with Gasteiger partial charge in [-0.05, 0) is 65.6 Å². The zero-order chi connectivity index (χ0) is 24.8. The molecule has 1 aromatic heterocycles. The molecule has 2 atom stereocenters. The molecule has 180 valence electrons. The van der Waals surface area contributed by atoms with Crippen LogP contribution in [0.4, 0.5) is 0 Å². The number of hydrogen-bond acceptors (Lipinski definition) is 7. The van der Waals surface area contributed by atoms with Crippen LogP contribution in [0, 0.1) is 0 Å². The number of nitrogens with zero attached hydrogens (tertiary/aromatic N) is 1. The Morgan fingerprint density at radius 1 is 1.08 bits per heavy atom. The predicted molar refractivity (Wildman–Crippen MR) is 132 cm³/mol. The van der Waals surface area contributed by atoms with Gasteiger partial charge in [-0.25, -0.2) is 0 Å². The number of aromatic nitrogens is 1. The van der Waals surface area contributed by atoms with Crippen molar-refractivity contribution >= 4 is 28.5 Å². The van der Waals surface area contributed by atoms with Gasteiger partial charge < -0.3 is 30.2 Å². The van der Waals surface area contributed by atoms with E-state index < -0.39 is 12.1 Å². The molecule has 0 fully saturated rings. The summed E-state index contributed by atoms with van der Waals surface area (Å²) in [4.78, 5) is 15.3. The average Bonchev–Trinajstić information content (AvgIpc) is 2.87. The number of benzene rings is 3. The molecule has 0 radical (unpaired) electrons. The molecule has 0 saturated heterocycles. The van der Waals surface area contributed by atoms with E-state index in [1.807, 2.05) is 24.3 Å². The third-order valence-corrected chi connectivity index (χ3v) is 5.86. The summed E-state index contributed by atoms with van der Waals surface area (Å²) >= 11 is 5.99. The Morgan fingerprint density at radius 2 is 1.86 bits per heavy atom. The van der Waals surface area contributed by atoms with Crippen LogP contribution in [0.1, 0.15) is 27.6 Å². The Kier molecular flexibility index (Phi) is 10.3. The normalized spacial score (nSPS) is 12.5. The monoisotopic (exact) mass is 514 g/mol. The number of aliphatic hydroxyl groups excluding tert-OH is 2. The van der Waals surface area contributed by atoms with Crippen molar-refractivity contribution < 1.29 is 54.4 Å². The average molecular weight is 515 g/mol. The SMILES string of the molecule is O=C([O-])c1ccc2c(Oc3ccc(C[C@@H](CO)NC[C@H](O)c4cccc(Cl)c4)cc3)ccnc2c1.[Na+]. The van der Waals surface area contributed by atoms with E-state index in [9.17, 15) is 20.1 Å². The number of carboxylic acids is 1. The first-order valence-electron chi connectivity index (χ1n) is 11.1. The molecule has 9 heteroatoms. The minimum absolute atomic E-state index is 0. The number of aromatic carboxylic acids is 1. The molecule has 3 N–H and O–H groups in total. The van der Waals surface area contributed by atoms with Crippen LogP contribution >= 0.6 is 11.6 Å². The molecule has 0 aliphatic carbocycles. The predicted octanol–water partition coefficient (Wildman–Crippen LogP) is 0.275. The van der Waals surface area contributed by atoms with Crippen molar-refractivity contribution in [2.75, 3.05) is 13.2 Å². The van der Waals surface area contributed by atoms with E-state index in [2.05, 4.69) is 10.3 Å².